The molecule has 1 N–H and O–H groups in total. The van der Waals surface area contributed by atoms with Crippen LogP contribution in [0.2, 0.25) is 0 Å². The molecule has 6 nitrogen and oxygen atoms in total. The first-order valence-corrected chi connectivity index (χ1v) is 11.2. The summed E-state index contributed by atoms with van der Waals surface area (Å²) >= 11 is 0. The first-order chi connectivity index (χ1) is 14.0. The van der Waals surface area contributed by atoms with E-state index in [1.165, 1.54) is 24.8 Å². The van der Waals surface area contributed by atoms with Crippen LogP contribution in [-0.2, 0) is 17.6 Å². The van der Waals surface area contributed by atoms with Crippen LogP contribution in [-0.4, -0.2) is 41.2 Å². The molecule has 0 saturated heterocycles. The molecule has 6 heteroatoms. The van der Waals surface area contributed by atoms with Gasteiger partial charge in [0, 0.05) is 30.6 Å². The molecule has 0 aromatic carbocycles. The van der Waals surface area contributed by atoms with Crippen LogP contribution in [0.5, 0.6) is 0 Å². The largest absolute Gasteiger partial charge is 0.352 e. The molecule has 1 atom stereocenters. The zero-order valence-corrected chi connectivity index (χ0v) is 18.4. The van der Waals surface area contributed by atoms with Crippen LogP contribution in [0.1, 0.15) is 82.8 Å². The van der Waals surface area contributed by atoms with Crippen LogP contribution >= 0.6 is 0 Å². The maximum atomic E-state index is 12.9. The van der Waals surface area contributed by atoms with Crippen molar-refractivity contribution in [1.82, 2.24) is 15.3 Å². The Bertz CT molecular complexity index is 780. The molecule has 1 unspecified atom stereocenters. The minimum Gasteiger partial charge on any atom is -0.352 e. The van der Waals surface area contributed by atoms with Crippen LogP contribution in [0.4, 0.5) is 5.82 Å². The maximum Gasteiger partial charge on any atom is 0.242 e. The molecule has 0 aliphatic heterocycles. The third-order valence-electron chi connectivity index (χ3n) is 6.05. The van der Waals surface area contributed by atoms with Gasteiger partial charge in [-0.05, 0) is 52.4 Å². The lowest BCUT2D eigenvalue weighted by Crippen LogP contribution is -2.48. The standard InChI is InChI=1S/C23H35N5O/c1-5-11-20(24-6-2)21-26-19-15-10-14-18(19)22(27-21)28(4)16(3)23(29)25-17-12-8-7-9-13-17/h6,11,16-17H,5,7-10,12-15H2,1-4H3,(H,25,29)/b20-11-,24-6?. The summed E-state index contributed by atoms with van der Waals surface area (Å²) in [5.74, 6) is 1.62. The van der Waals surface area contributed by atoms with Gasteiger partial charge in [-0.2, -0.15) is 0 Å². The number of nitrogens with zero attached hydrogens (tertiary/aromatic N) is 4. The van der Waals surface area contributed by atoms with Gasteiger partial charge in [-0.25, -0.2) is 9.97 Å². The van der Waals surface area contributed by atoms with E-state index >= 15 is 0 Å². The van der Waals surface area contributed by atoms with Gasteiger partial charge in [0.15, 0.2) is 5.82 Å². The number of anilines is 1. The van der Waals surface area contributed by atoms with Crippen LogP contribution in [0, 0.1) is 0 Å². The van der Waals surface area contributed by atoms with E-state index in [-0.39, 0.29) is 11.9 Å². The highest BCUT2D eigenvalue weighted by atomic mass is 16.2. The Kier molecular flexibility index (Phi) is 7.40. The average Bonchev–Trinajstić information content (AvgIpc) is 3.21. The minimum absolute atomic E-state index is 0.0854. The van der Waals surface area contributed by atoms with Gasteiger partial charge in [0.2, 0.25) is 5.91 Å². The van der Waals surface area contributed by atoms with Gasteiger partial charge >= 0.3 is 0 Å². The third-order valence-corrected chi connectivity index (χ3v) is 6.05. The Hall–Kier alpha value is -2.24. The summed E-state index contributed by atoms with van der Waals surface area (Å²) < 4.78 is 0. The lowest BCUT2D eigenvalue weighted by Gasteiger charge is -2.30. The van der Waals surface area contributed by atoms with Crippen LogP contribution < -0.4 is 10.2 Å². The average molecular weight is 398 g/mol. The first-order valence-electron chi connectivity index (χ1n) is 11.2. The molecule has 158 valence electrons. The number of rotatable bonds is 7. The van der Waals surface area contributed by atoms with Crippen molar-refractivity contribution in [3.05, 3.63) is 23.2 Å². The topological polar surface area (TPSA) is 70.5 Å². The number of nitrogens with one attached hydrogen (secondary N) is 1. The predicted molar refractivity (Wildman–Crippen MR) is 119 cm³/mol. The molecular formula is C23H35N5O. The molecule has 1 aromatic heterocycles. The SMILES string of the molecule is CC=N/C(=C\CC)c1nc2c(c(N(C)C(C)C(=O)NC3CCCCC3)n1)CCC2. The van der Waals surface area contributed by atoms with Gasteiger partial charge in [0.1, 0.15) is 17.6 Å². The maximum absolute atomic E-state index is 12.9. The molecule has 1 heterocycles. The van der Waals surface area contributed by atoms with E-state index < -0.39 is 0 Å². The molecule has 1 saturated carbocycles. The number of aromatic nitrogens is 2. The molecule has 1 fully saturated rings. The highest BCUT2D eigenvalue weighted by Gasteiger charge is 2.28. The zero-order chi connectivity index (χ0) is 20.8. The molecule has 29 heavy (non-hydrogen) atoms. The van der Waals surface area contributed by atoms with Crippen molar-refractivity contribution in [3.63, 3.8) is 0 Å². The highest BCUT2D eigenvalue weighted by molar-refractivity contribution is 5.85. The Morgan fingerprint density at radius 1 is 1.24 bits per heavy atom. The number of carbonyl (C=O) groups excluding carboxylic acids is 1. The van der Waals surface area contributed by atoms with E-state index in [0.29, 0.717) is 11.9 Å². The predicted octanol–water partition coefficient (Wildman–Crippen LogP) is 4.08. The summed E-state index contributed by atoms with van der Waals surface area (Å²) in [4.78, 5) is 29.1. The van der Waals surface area contributed by atoms with Crippen LogP contribution in [0.3, 0.4) is 0 Å². The van der Waals surface area contributed by atoms with Gasteiger partial charge < -0.3 is 10.2 Å². The van der Waals surface area contributed by atoms with Gasteiger partial charge in [-0.3, -0.25) is 9.79 Å². The molecule has 0 bridgehead atoms. The van der Waals surface area contributed by atoms with Gasteiger partial charge in [0.05, 0.1) is 0 Å². The normalized spacial score (nSPS) is 18.7. The zero-order valence-electron chi connectivity index (χ0n) is 18.4. The summed E-state index contributed by atoms with van der Waals surface area (Å²) in [5.41, 5.74) is 3.09. The van der Waals surface area contributed by atoms with Crippen LogP contribution in [0.25, 0.3) is 5.70 Å². The van der Waals surface area contributed by atoms with Crippen molar-refractivity contribution in [1.29, 1.82) is 0 Å². The van der Waals surface area contributed by atoms with E-state index in [1.807, 2.05) is 25.8 Å². The summed E-state index contributed by atoms with van der Waals surface area (Å²) in [5, 5.41) is 3.26. The van der Waals surface area contributed by atoms with E-state index in [1.54, 1.807) is 6.21 Å². The monoisotopic (exact) mass is 397 g/mol. The Morgan fingerprint density at radius 2 is 2.00 bits per heavy atom. The molecule has 0 radical (unpaired) electrons. The van der Waals surface area contributed by atoms with Crippen molar-refractivity contribution in [3.8, 4) is 0 Å². The second-order valence-corrected chi connectivity index (χ2v) is 8.16. The fourth-order valence-corrected chi connectivity index (χ4v) is 4.28. The summed E-state index contributed by atoms with van der Waals surface area (Å²) in [7, 11) is 1.97. The second kappa shape index (κ2) is 9.99. The van der Waals surface area contributed by atoms with E-state index in [9.17, 15) is 4.79 Å². The number of aliphatic imine (C=N–C) groups is 1. The molecule has 2 aliphatic carbocycles. The van der Waals surface area contributed by atoms with Crippen molar-refractivity contribution >= 4 is 23.6 Å². The molecular weight excluding hydrogens is 362 g/mol. The van der Waals surface area contributed by atoms with E-state index in [4.69, 9.17) is 9.97 Å². The molecule has 1 amide bonds. The number of hydrogen-bond acceptors (Lipinski definition) is 5. The molecule has 0 spiro atoms. The van der Waals surface area contributed by atoms with Crippen molar-refractivity contribution in [2.45, 2.75) is 90.6 Å². The quantitative estimate of drug-likeness (QED) is 0.704. The Labute approximate surface area is 174 Å². The summed E-state index contributed by atoms with van der Waals surface area (Å²) in [6, 6.07) is 0.0365. The van der Waals surface area contributed by atoms with E-state index in [0.717, 1.165) is 55.7 Å². The minimum atomic E-state index is -0.280. The van der Waals surface area contributed by atoms with Gasteiger partial charge in [-0.15, -0.1) is 0 Å². The van der Waals surface area contributed by atoms with Crippen molar-refractivity contribution in [2.75, 3.05) is 11.9 Å². The highest BCUT2D eigenvalue weighted by Crippen LogP contribution is 2.31. The fraction of sp³-hybridized carbons (Fsp3) is 0.652. The van der Waals surface area contributed by atoms with Crippen molar-refractivity contribution < 1.29 is 4.79 Å². The number of aryl methyl sites for hydroxylation is 1. The summed E-state index contributed by atoms with van der Waals surface area (Å²) in [6.45, 7) is 5.96. The molecule has 3 rings (SSSR count). The number of allylic oxidation sites excluding steroid dienone is 1. The Balaban J connectivity index is 1.86. The third kappa shape index (κ3) is 5.03. The first kappa shape index (κ1) is 21.5. The lowest BCUT2D eigenvalue weighted by atomic mass is 9.95. The Morgan fingerprint density at radius 3 is 2.69 bits per heavy atom. The lowest BCUT2D eigenvalue weighted by molar-refractivity contribution is -0.122. The molecule has 2 aliphatic rings. The second-order valence-electron chi connectivity index (χ2n) is 8.16. The van der Waals surface area contributed by atoms with Crippen LogP contribution in [0.15, 0.2) is 11.1 Å². The number of amides is 1. The van der Waals surface area contributed by atoms with Crippen molar-refractivity contribution in [2.24, 2.45) is 4.99 Å². The van der Waals surface area contributed by atoms with Gasteiger partial charge in [-0.1, -0.05) is 32.3 Å². The number of fused-ring (bicyclic) bond motifs is 1. The number of likely N-dealkylation sites (N-methyl/N-ethyl adjacent to an activating group) is 1. The fourth-order valence-electron chi connectivity index (χ4n) is 4.28. The van der Waals surface area contributed by atoms with Gasteiger partial charge in [0.25, 0.3) is 0 Å². The smallest absolute Gasteiger partial charge is 0.242 e. The summed E-state index contributed by atoms with van der Waals surface area (Å²) in [6.07, 6.45) is 13.6. The molecule has 1 aromatic rings. The number of hydrogen-bond donors (Lipinski definition) is 1. The number of carbonyl (C=O) groups is 1. The van der Waals surface area contributed by atoms with E-state index in [2.05, 4.69) is 23.3 Å².